The largest absolute Gasteiger partial charge is 0.310 e. The molecule has 1 fully saturated rings. The first kappa shape index (κ1) is 10.7. The van der Waals surface area contributed by atoms with Crippen LogP contribution in [0.4, 0.5) is 0 Å². The molecule has 0 radical (unpaired) electrons. The van der Waals surface area contributed by atoms with E-state index in [1.807, 2.05) is 12.3 Å². The number of nitrogens with one attached hydrogen (secondary N) is 1. The smallest absolute Gasteiger partial charge is 0.0746 e. The Morgan fingerprint density at radius 1 is 1.12 bits per heavy atom. The summed E-state index contributed by atoms with van der Waals surface area (Å²) in [5.74, 6) is 0. The lowest BCUT2D eigenvalue weighted by Crippen LogP contribution is -2.25. The van der Waals surface area contributed by atoms with Crippen molar-refractivity contribution in [1.29, 1.82) is 0 Å². The molecule has 0 atom stereocenters. The van der Waals surface area contributed by atoms with Crippen molar-refractivity contribution in [3.8, 4) is 0 Å². The summed E-state index contributed by atoms with van der Waals surface area (Å²) in [5, 5.41) is 4.88. The molecule has 1 saturated carbocycles. The molecule has 1 aliphatic rings. The number of pyridine rings is 1. The van der Waals surface area contributed by atoms with Crippen LogP contribution in [0, 0.1) is 0 Å². The lowest BCUT2D eigenvalue weighted by Gasteiger charge is -2.12. The average Bonchev–Trinajstić information content (AvgIpc) is 2.89. The number of rotatable bonds is 3. The van der Waals surface area contributed by atoms with E-state index >= 15 is 0 Å². The van der Waals surface area contributed by atoms with Gasteiger partial charge in [0.2, 0.25) is 0 Å². The second-order valence-corrected chi connectivity index (χ2v) is 4.85. The number of para-hydroxylation sites is 1. The quantitative estimate of drug-likeness (QED) is 0.869. The average molecular weight is 226 g/mol. The fourth-order valence-electron chi connectivity index (χ4n) is 2.69. The van der Waals surface area contributed by atoms with Crippen LogP contribution in [-0.2, 0) is 6.54 Å². The van der Waals surface area contributed by atoms with Crippen LogP contribution in [0.25, 0.3) is 10.9 Å². The summed E-state index contributed by atoms with van der Waals surface area (Å²) >= 11 is 0. The maximum atomic E-state index is 4.49. The van der Waals surface area contributed by atoms with Gasteiger partial charge in [0.05, 0.1) is 5.52 Å². The Hall–Kier alpha value is -1.41. The van der Waals surface area contributed by atoms with Gasteiger partial charge in [-0.3, -0.25) is 4.98 Å². The zero-order valence-corrected chi connectivity index (χ0v) is 10.0. The first-order valence-corrected chi connectivity index (χ1v) is 6.49. The van der Waals surface area contributed by atoms with Crippen molar-refractivity contribution in [3.05, 3.63) is 42.1 Å². The van der Waals surface area contributed by atoms with Crippen molar-refractivity contribution in [3.63, 3.8) is 0 Å². The third-order valence-corrected chi connectivity index (χ3v) is 3.65. The van der Waals surface area contributed by atoms with Gasteiger partial charge in [0.1, 0.15) is 0 Å². The monoisotopic (exact) mass is 226 g/mol. The van der Waals surface area contributed by atoms with E-state index in [9.17, 15) is 0 Å². The summed E-state index contributed by atoms with van der Waals surface area (Å²) in [6.07, 6.45) is 7.30. The fourth-order valence-corrected chi connectivity index (χ4v) is 2.69. The molecule has 2 aromatic rings. The lowest BCUT2D eigenvalue weighted by atomic mass is 10.1. The van der Waals surface area contributed by atoms with Gasteiger partial charge in [-0.2, -0.15) is 0 Å². The minimum atomic E-state index is 0.717. The summed E-state index contributed by atoms with van der Waals surface area (Å²) < 4.78 is 0. The summed E-state index contributed by atoms with van der Waals surface area (Å²) in [5.41, 5.74) is 2.45. The molecule has 0 bridgehead atoms. The standard InChI is InChI=1S/C15H18N2/c1-2-9-14(8-1)17-11-13-6-3-5-12-7-4-10-16-15(12)13/h3-7,10,14,17H,1-2,8-9,11H2. The molecule has 17 heavy (non-hydrogen) atoms. The van der Waals surface area contributed by atoms with Gasteiger partial charge in [-0.05, 0) is 24.5 Å². The molecule has 0 amide bonds. The highest BCUT2D eigenvalue weighted by molar-refractivity contribution is 5.81. The number of aromatic nitrogens is 1. The molecule has 88 valence electrons. The zero-order chi connectivity index (χ0) is 11.5. The highest BCUT2D eigenvalue weighted by Gasteiger charge is 2.14. The molecule has 0 unspecified atom stereocenters. The number of hydrogen-bond donors (Lipinski definition) is 1. The second kappa shape index (κ2) is 4.84. The Balaban J connectivity index is 1.79. The van der Waals surface area contributed by atoms with Crippen molar-refractivity contribution < 1.29 is 0 Å². The van der Waals surface area contributed by atoms with Crippen molar-refractivity contribution >= 4 is 10.9 Å². The molecule has 0 spiro atoms. The highest BCUT2D eigenvalue weighted by Crippen LogP contribution is 2.20. The molecule has 3 rings (SSSR count). The van der Waals surface area contributed by atoms with Gasteiger partial charge in [-0.15, -0.1) is 0 Å². The van der Waals surface area contributed by atoms with Crippen LogP contribution in [-0.4, -0.2) is 11.0 Å². The number of hydrogen-bond acceptors (Lipinski definition) is 2. The Labute approximate surface area is 102 Å². The topological polar surface area (TPSA) is 24.9 Å². The fraction of sp³-hybridized carbons (Fsp3) is 0.400. The Morgan fingerprint density at radius 2 is 1.94 bits per heavy atom. The van der Waals surface area contributed by atoms with Gasteiger partial charge in [-0.25, -0.2) is 0 Å². The van der Waals surface area contributed by atoms with Gasteiger partial charge >= 0.3 is 0 Å². The Morgan fingerprint density at radius 3 is 2.82 bits per heavy atom. The third-order valence-electron chi connectivity index (χ3n) is 3.65. The normalized spacial score (nSPS) is 16.7. The van der Waals surface area contributed by atoms with Gasteiger partial charge in [0.25, 0.3) is 0 Å². The van der Waals surface area contributed by atoms with E-state index in [1.165, 1.54) is 36.6 Å². The van der Waals surface area contributed by atoms with Crippen LogP contribution in [0.5, 0.6) is 0 Å². The van der Waals surface area contributed by atoms with Gasteiger partial charge in [0.15, 0.2) is 0 Å². The van der Waals surface area contributed by atoms with Crippen molar-refractivity contribution in [2.45, 2.75) is 38.3 Å². The van der Waals surface area contributed by atoms with E-state index in [1.54, 1.807) is 0 Å². The molecule has 2 heteroatoms. The van der Waals surface area contributed by atoms with Crippen LogP contribution in [0.3, 0.4) is 0 Å². The van der Waals surface area contributed by atoms with Crippen LogP contribution in [0.1, 0.15) is 31.2 Å². The Kier molecular flexibility index (Phi) is 3.06. The molecule has 0 saturated heterocycles. The molecule has 2 nitrogen and oxygen atoms in total. The SMILES string of the molecule is c1cnc2c(CNC3CCCC3)cccc2c1. The van der Waals surface area contributed by atoms with E-state index in [4.69, 9.17) is 0 Å². The Bertz CT molecular complexity index is 496. The first-order valence-electron chi connectivity index (χ1n) is 6.49. The van der Waals surface area contributed by atoms with Crippen molar-refractivity contribution in [2.24, 2.45) is 0 Å². The molecule has 0 aliphatic heterocycles. The third kappa shape index (κ3) is 2.32. The maximum Gasteiger partial charge on any atom is 0.0746 e. The second-order valence-electron chi connectivity index (χ2n) is 4.85. The maximum absolute atomic E-state index is 4.49. The highest BCUT2D eigenvalue weighted by atomic mass is 14.9. The van der Waals surface area contributed by atoms with E-state index in [0.717, 1.165) is 12.1 Å². The van der Waals surface area contributed by atoms with Crippen LogP contribution in [0.15, 0.2) is 36.5 Å². The molecule has 1 aromatic carbocycles. The van der Waals surface area contributed by atoms with E-state index in [2.05, 4.69) is 34.6 Å². The minimum absolute atomic E-state index is 0.717. The van der Waals surface area contributed by atoms with Crippen LogP contribution in [0.2, 0.25) is 0 Å². The predicted octanol–water partition coefficient (Wildman–Crippen LogP) is 3.27. The number of fused-ring (bicyclic) bond motifs is 1. The van der Waals surface area contributed by atoms with Crippen molar-refractivity contribution in [1.82, 2.24) is 10.3 Å². The van der Waals surface area contributed by atoms with Crippen LogP contribution >= 0.6 is 0 Å². The van der Waals surface area contributed by atoms with Crippen molar-refractivity contribution in [2.75, 3.05) is 0 Å². The van der Waals surface area contributed by atoms with E-state index < -0.39 is 0 Å². The summed E-state index contributed by atoms with van der Waals surface area (Å²) in [6, 6.07) is 11.3. The molecular formula is C15H18N2. The molecular weight excluding hydrogens is 208 g/mol. The van der Waals surface area contributed by atoms with E-state index in [-0.39, 0.29) is 0 Å². The van der Waals surface area contributed by atoms with Gasteiger partial charge in [-0.1, -0.05) is 37.1 Å². The molecule has 1 aliphatic carbocycles. The number of benzene rings is 1. The summed E-state index contributed by atoms with van der Waals surface area (Å²) in [7, 11) is 0. The lowest BCUT2D eigenvalue weighted by molar-refractivity contribution is 0.525. The molecule has 1 N–H and O–H groups in total. The first-order chi connectivity index (χ1) is 8.43. The van der Waals surface area contributed by atoms with Gasteiger partial charge in [0, 0.05) is 24.2 Å². The molecule has 1 heterocycles. The van der Waals surface area contributed by atoms with E-state index in [0.29, 0.717) is 6.04 Å². The number of nitrogens with zero attached hydrogens (tertiary/aromatic N) is 1. The predicted molar refractivity (Wildman–Crippen MR) is 70.8 cm³/mol. The molecule has 1 aromatic heterocycles. The minimum Gasteiger partial charge on any atom is -0.310 e. The zero-order valence-electron chi connectivity index (χ0n) is 10.0. The summed E-state index contributed by atoms with van der Waals surface area (Å²) in [6.45, 7) is 0.943. The summed E-state index contributed by atoms with van der Waals surface area (Å²) in [4.78, 5) is 4.49. The van der Waals surface area contributed by atoms with Gasteiger partial charge < -0.3 is 5.32 Å². The van der Waals surface area contributed by atoms with Crippen LogP contribution < -0.4 is 5.32 Å².